The van der Waals surface area contributed by atoms with E-state index in [4.69, 9.17) is 10.5 Å². The summed E-state index contributed by atoms with van der Waals surface area (Å²) in [6.07, 6.45) is 2.95. The number of hydrogen-bond donors (Lipinski definition) is 2. The number of rotatable bonds is 5. The van der Waals surface area contributed by atoms with Gasteiger partial charge in [-0.15, -0.1) is 0 Å². The molecule has 20 heavy (non-hydrogen) atoms. The fraction of sp³-hybridized carbons (Fsp3) is 0.500. The molecular weight excluding hydrogens is 266 g/mol. The van der Waals surface area contributed by atoms with E-state index >= 15 is 0 Å². The minimum absolute atomic E-state index is 0.179. The van der Waals surface area contributed by atoms with Gasteiger partial charge in [-0.1, -0.05) is 0 Å². The molecule has 0 radical (unpaired) electrons. The number of hydrogen-bond acceptors (Lipinski definition) is 3. The Labute approximate surface area is 116 Å². The fourth-order valence-electron chi connectivity index (χ4n) is 2.33. The average Bonchev–Trinajstić information content (AvgIpc) is 2.43. The van der Waals surface area contributed by atoms with Gasteiger partial charge in [0.2, 0.25) is 0 Å². The van der Waals surface area contributed by atoms with Crippen molar-refractivity contribution in [2.45, 2.75) is 19.3 Å². The maximum Gasteiger partial charge on any atom is 0.251 e. The molecule has 110 valence electrons. The van der Waals surface area contributed by atoms with Crippen LogP contribution in [0.4, 0.5) is 8.78 Å². The molecule has 1 amide bonds. The number of halogens is 2. The molecule has 1 aromatic carbocycles. The molecular formula is C14H18F2N2O2. The largest absolute Gasteiger partial charge is 0.490 e. The third-order valence-electron chi connectivity index (χ3n) is 3.53. The normalized spacial score (nSPS) is 16.1. The Hall–Kier alpha value is -1.69. The number of primary amides is 1. The quantitative estimate of drug-likeness (QED) is 0.867. The molecule has 6 heteroatoms. The van der Waals surface area contributed by atoms with E-state index in [1.807, 2.05) is 0 Å². The molecule has 1 heterocycles. The molecule has 0 atom stereocenters. The van der Waals surface area contributed by atoms with Crippen LogP contribution in [0.3, 0.4) is 0 Å². The van der Waals surface area contributed by atoms with Crippen molar-refractivity contribution >= 4 is 5.91 Å². The maximum absolute atomic E-state index is 13.6. The number of carbonyl (C=O) groups excluding carboxylic acids is 1. The predicted molar refractivity (Wildman–Crippen MR) is 70.6 cm³/mol. The Balaban J connectivity index is 1.92. The summed E-state index contributed by atoms with van der Waals surface area (Å²) in [5, 5.41) is 3.26. The highest BCUT2D eigenvalue weighted by Gasteiger charge is 2.16. The molecule has 4 nitrogen and oxygen atoms in total. The lowest BCUT2D eigenvalue weighted by Crippen LogP contribution is -2.28. The molecule has 3 N–H and O–H groups in total. The number of nitrogens with one attached hydrogen (secondary N) is 1. The Morgan fingerprint density at radius 3 is 2.65 bits per heavy atom. The van der Waals surface area contributed by atoms with E-state index in [9.17, 15) is 13.6 Å². The zero-order valence-corrected chi connectivity index (χ0v) is 11.1. The Bertz CT molecular complexity index is 488. The van der Waals surface area contributed by atoms with Crippen molar-refractivity contribution in [3.05, 3.63) is 29.3 Å². The smallest absolute Gasteiger partial charge is 0.251 e. The number of carbonyl (C=O) groups is 1. The molecule has 1 saturated heterocycles. The van der Waals surface area contributed by atoms with Crippen molar-refractivity contribution in [3.8, 4) is 5.75 Å². The summed E-state index contributed by atoms with van der Waals surface area (Å²) in [6, 6.07) is 1.65. The lowest BCUT2D eigenvalue weighted by Gasteiger charge is -2.22. The number of ether oxygens (including phenoxy) is 1. The molecule has 1 fully saturated rings. The van der Waals surface area contributed by atoms with Crippen LogP contribution in [0.25, 0.3) is 0 Å². The van der Waals surface area contributed by atoms with Gasteiger partial charge in [-0.05, 0) is 44.3 Å². The van der Waals surface area contributed by atoms with Crippen LogP contribution in [0, 0.1) is 17.6 Å². The second-order valence-corrected chi connectivity index (χ2v) is 4.96. The third-order valence-corrected chi connectivity index (χ3v) is 3.53. The minimum Gasteiger partial charge on any atom is -0.490 e. The van der Waals surface area contributed by atoms with Gasteiger partial charge in [0.25, 0.3) is 5.91 Å². The molecule has 1 aliphatic heterocycles. The van der Waals surface area contributed by atoms with Crippen LogP contribution < -0.4 is 15.8 Å². The number of benzene rings is 1. The Morgan fingerprint density at radius 1 is 1.30 bits per heavy atom. The van der Waals surface area contributed by atoms with Crippen LogP contribution in [0.15, 0.2) is 12.1 Å². The summed E-state index contributed by atoms with van der Waals surface area (Å²) in [5.74, 6) is -2.26. The standard InChI is InChI=1S/C14H18F2N2O2/c15-11-8-13(12(16)7-10(11)14(17)19)20-6-3-9-1-4-18-5-2-9/h7-9,18H,1-6H2,(H2,17,19). The molecule has 0 spiro atoms. The molecule has 0 aliphatic carbocycles. The predicted octanol–water partition coefficient (Wildman–Crippen LogP) is 1.83. The van der Waals surface area contributed by atoms with Gasteiger partial charge in [-0.2, -0.15) is 0 Å². The third kappa shape index (κ3) is 3.66. The fourth-order valence-corrected chi connectivity index (χ4v) is 2.33. The average molecular weight is 284 g/mol. The van der Waals surface area contributed by atoms with Crippen molar-refractivity contribution in [1.82, 2.24) is 5.32 Å². The molecule has 0 unspecified atom stereocenters. The molecule has 1 aliphatic rings. The Kier molecular flexibility index (Phi) is 4.89. The molecule has 1 aromatic rings. The molecule has 0 bridgehead atoms. The van der Waals surface area contributed by atoms with Crippen LogP contribution >= 0.6 is 0 Å². The summed E-state index contributed by atoms with van der Waals surface area (Å²) in [4.78, 5) is 10.9. The van der Waals surface area contributed by atoms with Crippen LogP contribution in [-0.4, -0.2) is 25.6 Å². The first kappa shape index (κ1) is 14.7. The van der Waals surface area contributed by atoms with E-state index < -0.39 is 23.1 Å². The van der Waals surface area contributed by atoms with Gasteiger partial charge in [0.1, 0.15) is 5.82 Å². The molecule has 2 rings (SSSR count). The van der Waals surface area contributed by atoms with Gasteiger partial charge >= 0.3 is 0 Å². The van der Waals surface area contributed by atoms with Gasteiger partial charge in [-0.3, -0.25) is 4.79 Å². The summed E-state index contributed by atoms with van der Waals surface area (Å²) in [5.41, 5.74) is 4.47. The van der Waals surface area contributed by atoms with Gasteiger partial charge in [0.15, 0.2) is 11.6 Å². The lowest BCUT2D eigenvalue weighted by molar-refractivity contribution is 0.0996. The van der Waals surface area contributed by atoms with E-state index in [2.05, 4.69) is 5.32 Å². The van der Waals surface area contributed by atoms with Gasteiger partial charge in [0, 0.05) is 6.07 Å². The van der Waals surface area contributed by atoms with Crippen molar-refractivity contribution in [3.63, 3.8) is 0 Å². The van der Waals surface area contributed by atoms with E-state index in [0.717, 1.165) is 44.5 Å². The van der Waals surface area contributed by atoms with Crippen molar-refractivity contribution in [2.24, 2.45) is 11.7 Å². The Morgan fingerprint density at radius 2 is 2.00 bits per heavy atom. The minimum atomic E-state index is -0.998. The first-order valence-electron chi connectivity index (χ1n) is 6.70. The van der Waals surface area contributed by atoms with Crippen molar-refractivity contribution in [1.29, 1.82) is 0 Å². The number of piperidine rings is 1. The molecule has 0 saturated carbocycles. The van der Waals surface area contributed by atoms with E-state index in [-0.39, 0.29) is 5.75 Å². The van der Waals surface area contributed by atoms with Crippen LogP contribution in [0.5, 0.6) is 5.75 Å². The van der Waals surface area contributed by atoms with Crippen LogP contribution in [0.2, 0.25) is 0 Å². The highest BCUT2D eigenvalue weighted by Crippen LogP contribution is 2.23. The summed E-state index contributed by atoms with van der Waals surface area (Å²) in [6.45, 7) is 2.30. The topological polar surface area (TPSA) is 64.4 Å². The summed E-state index contributed by atoms with van der Waals surface area (Å²) < 4.78 is 32.4. The monoisotopic (exact) mass is 284 g/mol. The first-order chi connectivity index (χ1) is 9.58. The lowest BCUT2D eigenvalue weighted by atomic mass is 9.95. The first-order valence-corrected chi connectivity index (χ1v) is 6.70. The zero-order chi connectivity index (χ0) is 14.5. The van der Waals surface area contributed by atoms with Crippen LogP contribution in [0.1, 0.15) is 29.6 Å². The van der Waals surface area contributed by atoms with E-state index in [1.54, 1.807) is 0 Å². The maximum atomic E-state index is 13.6. The SMILES string of the molecule is NC(=O)c1cc(F)c(OCCC2CCNCC2)cc1F. The zero-order valence-electron chi connectivity index (χ0n) is 11.1. The van der Waals surface area contributed by atoms with Gasteiger partial charge in [0.05, 0.1) is 12.2 Å². The number of amides is 1. The highest BCUT2D eigenvalue weighted by atomic mass is 19.1. The van der Waals surface area contributed by atoms with Gasteiger partial charge in [-0.25, -0.2) is 8.78 Å². The van der Waals surface area contributed by atoms with Crippen molar-refractivity contribution in [2.75, 3.05) is 19.7 Å². The number of nitrogens with two attached hydrogens (primary N) is 1. The summed E-state index contributed by atoms with van der Waals surface area (Å²) in [7, 11) is 0. The highest BCUT2D eigenvalue weighted by molar-refractivity contribution is 5.93. The van der Waals surface area contributed by atoms with Crippen LogP contribution in [-0.2, 0) is 0 Å². The summed E-state index contributed by atoms with van der Waals surface area (Å²) >= 11 is 0. The van der Waals surface area contributed by atoms with Crippen molar-refractivity contribution < 1.29 is 18.3 Å². The second-order valence-electron chi connectivity index (χ2n) is 4.96. The molecule has 0 aromatic heterocycles. The second kappa shape index (κ2) is 6.65. The van der Waals surface area contributed by atoms with Gasteiger partial charge < -0.3 is 15.8 Å². The van der Waals surface area contributed by atoms with E-state index in [1.165, 1.54) is 0 Å². The van der Waals surface area contributed by atoms with E-state index in [0.29, 0.717) is 12.5 Å².